The number of Topliss-reactive ketones (excluding diaryl/α,β-unsaturated/α-hetero) is 1. The molecule has 3 rings (SSSR count). The van der Waals surface area contributed by atoms with E-state index in [1.807, 2.05) is 4.90 Å². The number of ketones is 1. The van der Waals surface area contributed by atoms with Gasteiger partial charge in [-0.2, -0.15) is 17.5 Å². The van der Waals surface area contributed by atoms with Gasteiger partial charge in [0.1, 0.15) is 4.75 Å². The smallest absolute Gasteiger partial charge is 0.396 e. The number of nitrogens with zero attached hydrogens (tertiary/aromatic N) is 2. The number of aliphatic hydroxyl groups is 1. The van der Waals surface area contributed by atoms with Crippen molar-refractivity contribution in [3.8, 4) is 0 Å². The summed E-state index contributed by atoms with van der Waals surface area (Å²) in [5, 5.41) is 8.40. The molecule has 7 nitrogen and oxygen atoms in total. The topological polar surface area (TPSA) is 87.2 Å². The number of carbonyl (C=O) groups excluding carboxylic acids is 1. The summed E-state index contributed by atoms with van der Waals surface area (Å²) < 4.78 is 70.5. The van der Waals surface area contributed by atoms with Crippen molar-refractivity contribution in [2.75, 3.05) is 46.0 Å². The zero-order chi connectivity index (χ0) is 24.3. The van der Waals surface area contributed by atoms with Gasteiger partial charge >= 0.3 is 5.51 Å². The van der Waals surface area contributed by atoms with Crippen LogP contribution < -0.4 is 0 Å². The summed E-state index contributed by atoms with van der Waals surface area (Å²) in [6.07, 6.45) is 5.45. The summed E-state index contributed by atoms with van der Waals surface area (Å²) in [6, 6.07) is 0. The quantitative estimate of drug-likeness (QED) is 0.535. The molecule has 0 aromatic heterocycles. The number of carbonyl (C=O) groups is 1. The van der Waals surface area contributed by atoms with E-state index in [1.165, 1.54) is 4.31 Å². The number of aliphatic hydroxyl groups excluding tert-OH is 1. The van der Waals surface area contributed by atoms with Crippen molar-refractivity contribution in [2.24, 2.45) is 5.92 Å². The fraction of sp³-hybridized carbons (Fsp3) is 0.762. The van der Waals surface area contributed by atoms with E-state index in [-0.39, 0.29) is 82.1 Å². The molecule has 2 aliphatic heterocycles. The van der Waals surface area contributed by atoms with E-state index in [1.54, 1.807) is 25.2 Å². The van der Waals surface area contributed by atoms with Gasteiger partial charge in [0.2, 0.25) is 10.0 Å². The normalized spacial score (nSPS) is 26.8. The lowest BCUT2D eigenvalue weighted by atomic mass is 9.91. The first-order valence-corrected chi connectivity index (χ1v) is 13.4. The van der Waals surface area contributed by atoms with E-state index < -0.39 is 25.5 Å². The van der Waals surface area contributed by atoms with Gasteiger partial charge in [0.15, 0.2) is 5.78 Å². The Hall–Kier alpha value is -1.08. The average molecular weight is 513 g/mol. The van der Waals surface area contributed by atoms with Gasteiger partial charge in [0.05, 0.1) is 0 Å². The molecule has 0 bridgehead atoms. The summed E-state index contributed by atoms with van der Waals surface area (Å²) in [4.78, 5) is 14.9. The molecule has 188 valence electrons. The van der Waals surface area contributed by atoms with Crippen LogP contribution >= 0.6 is 11.8 Å². The van der Waals surface area contributed by atoms with Gasteiger partial charge in [-0.05, 0) is 43.0 Å². The van der Waals surface area contributed by atoms with E-state index in [0.29, 0.717) is 13.1 Å². The van der Waals surface area contributed by atoms with E-state index in [4.69, 9.17) is 9.84 Å². The second-order valence-electron chi connectivity index (χ2n) is 8.59. The van der Waals surface area contributed by atoms with Crippen molar-refractivity contribution in [1.82, 2.24) is 9.21 Å². The number of piperazine rings is 1. The third-order valence-corrected chi connectivity index (χ3v) is 10.3. The van der Waals surface area contributed by atoms with E-state index in [9.17, 15) is 26.4 Å². The molecule has 0 radical (unpaired) electrons. The molecule has 2 saturated heterocycles. The standard InChI is InChI=1S/C21H31F3N2O5S2/c1-16-15-17(4-5-18(16)32-21(22,23)24)25-8-10-26(11-9-25)33(29,30)20(6-13-31-14-7-20)19(28)3-2-12-27/h4-5,15-16,18,27H,2-3,6-14H2,1H3. The maximum Gasteiger partial charge on any atom is 0.442 e. The number of halogens is 3. The summed E-state index contributed by atoms with van der Waals surface area (Å²) >= 11 is -0.0335. The first-order valence-electron chi connectivity index (χ1n) is 11.1. The number of allylic oxidation sites excluding steroid dienone is 2. The maximum atomic E-state index is 13.6. The minimum atomic E-state index is -4.30. The van der Waals surface area contributed by atoms with Gasteiger partial charge in [0, 0.05) is 63.4 Å². The molecule has 33 heavy (non-hydrogen) atoms. The molecular weight excluding hydrogens is 481 g/mol. The lowest BCUT2D eigenvalue weighted by Crippen LogP contribution is -2.59. The van der Waals surface area contributed by atoms with Gasteiger partial charge in [-0.25, -0.2) is 8.42 Å². The molecule has 0 aromatic rings. The molecule has 2 heterocycles. The molecule has 12 heteroatoms. The highest BCUT2D eigenvalue weighted by Gasteiger charge is 2.53. The van der Waals surface area contributed by atoms with Gasteiger partial charge in [-0.15, -0.1) is 0 Å². The second kappa shape index (κ2) is 10.7. The molecule has 2 unspecified atom stereocenters. The highest BCUT2D eigenvalue weighted by molar-refractivity contribution is 8.00. The van der Waals surface area contributed by atoms with Crippen molar-refractivity contribution in [3.63, 3.8) is 0 Å². The van der Waals surface area contributed by atoms with Crippen molar-refractivity contribution >= 4 is 27.6 Å². The van der Waals surface area contributed by atoms with Crippen molar-refractivity contribution in [2.45, 2.75) is 48.1 Å². The number of hydrogen-bond donors (Lipinski definition) is 1. The van der Waals surface area contributed by atoms with Crippen molar-refractivity contribution in [1.29, 1.82) is 0 Å². The van der Waals surface area contributed by atoms with Crippen LogP contribution in [0.15, 0.2) is 23.9 Å². The third-order valence-electron chi connectivity index (χ3n) is 6.49. The Morgan fingerprint density at radius 3 is 2.42 bits per heavy atom. The summed E-state index contributed by atoms with van der Waals surface area (Å²) in [6.45, 7) is 3.10. The Morgan fingerprint density at radius 2 is 1.88 bits per heavy atom. The minimum absolute atomic E-state index is 0.00235. The monoisotopic (exact) mass is 512 g/mol. The Labute approximate surface area is 197 Å². The summed E-state index contributed by atoms with van der Waals surface area (Å²) in [5.41, 5.74) is -3.51. The Bertz CT molecular complexity index is 862. The first-order chi connectivity index (χ1) is 15.5. The van der Waals surface area contributed by atoms with Gasteiger partial charge in [-0.1, -0.05) is 19.1 Å². The number of rotatable bonds is 8. The molecule has 1 aliphatic carbocycles. The molecular formula is C21H31F3N2O5S2. The Morgan fingerprint density at radius 1 is 1.24 bits per heavy atom. The SMILES string of the molecule is CC1C=C(N2CCN(S(=O)(=O)C3(C(=O)CCCO)CCOCC3)CC2)C=CC1SC(F)(F)F. The highest BCUT2D eigenvalue weighted by Crippen LogP contribution is 2.40. The fourth-order valence-electron chi connectivity index (χ4n) is 4.58. The Kier molecular flexibility index (Phi) is 8.58. The van der Waals surface area contributed by atoms with Crippen LogP contribution in [-0.2, 0) is 19.6 Å². The number of hydrogen-bond acceptors (Lipinski definition) is 7. The van der Waals surface area contributed by atoms with Gasteiger partial charge < -0.3 is 14.7 Å². The third kappa shape index (κ3) is 5.95. The number of sulfonamides is 1. The zero-order valence-electron chi connectivity index (χ0n) is 18.6. The Balaban J connectivity index is 1.67. The summed E-state index contributed by atoms with van der Waals surface area (Å²) in [5.74, 6) is -0.685. The van der Waals surface area contributed by atoms with Crippen LogP contribution in [0, 0.1) is 5.92 Å². The molecule has 2 atom stereocenters. The number of alkyl halides is 3. The molecule has 0 aromatic carbocycles. The van der Waals surface area contributed by atoms with Crippen molar-refractivity contribution < 1.29 is 36.2 Å². The van der Waals surface area contributed by atoms with Crippen LogP contribution in [0.4, 0.5) is 13.2 Å². The zero-order valence-corrected chi connectivity index (χ0v) is 20.2. The van der Waals surface area contributed by atoms with Gasteiger partial charge in [0.25, 0.3) is 0 Å². The molecule has 0 spiro atoms. The van der Waals surface area contributed by atoms with Crippen molar-refractivity contribution in [3.05, 3.63) is 23.9 Å². The summed E-state index contributed by atoms with van der Waals surface area (Å²) in [7, 11) is -3.94. The number of thioether (sulfide) groups is 1. The average Bonchev–Trinajstić information content (AvgIpc) is 2.78. The molecule has 0 amide bonds. The first kappa shape index (κ1) is 26.5. The van der Waals surface area contributed by atoms with Crippen LogP contribution in [0.5, 0.6) is 0 Å². The lowest BCUT2D eigenvalue weighted by molar-refractivity contribution is -0.124. The van der Waals surface area contributed by atoms with Crippen LogP contribution in [-0.4, -0.2) is 90.0 Å². The predicted octanol–water partition coefficient (Wildman–Crippen LogP) is 2.54. The van der Waals surface area contributed by atoms with E-state index >= 15 is 0 Å². The second-order valence-corrected chi connectivity index (χ2v) is 12.1. The fourth-order valence-corrected chi connectivity index (χ4v) is 7.55. The highest BCUT2D eigenvalue weighted by atomic mass is 32.2. The molecule has 3 aliphatic rings. The minimum Gasteiger partial charge on any atom is -0.396 e. The van der Waals surface area contributed by atoms with E-state index in [0.717, 1.165) is 5.70 Å². The van der Waals surface area contributed by atoms with Crippen LogP contribution in [0.25, 0.3) is 0 Å². The maximum absolute atomic E-state index is 13.6. The molecule has 2 fully saturated rings. The predicted molar refractivity (Wildman–Crippen MR) is 120 cm³/mol. The van der Waals surface area contributed by atoms with Crippen LogP contribution in [0.1, 0.15) is 32.6 Å². The number of ether oxygens (including phenoxy) is 1. The largest absolute Gasteiger partial charge is 0.442 e. The lowest BCUT2D eigenvalue weighted by Gasteiger charge is -2.43. The van der Waals surface area contributed by atoms with E-state index in [2.05, 4.69) is 0 Å². The van der Waals surface area contributed by atoms with Crippen LogP contribution in [0.2, 0.25) is 0 Å². The van der Waals surface area contributed by atoms with Gasteiger partial charge in [-0.3, -0.25) is 4.79 Å². The molecule has 1 N–H and O–H groups in total. The molecule has 0 saturated carbocycles. The van der Waals surface area contributed by atoms with Crippen LogP contribution in [0.3, 0.4) is 0 Å².